The quantitative estimate of drug-likeness (QED) is 0.797. The van der Waals surface area contributed by atoms with Gasteiger partial charge in [-0.05, 0) is 32.9 Å². The predicted octanol–water partition coefficient (Wildman–Crippen LogP) is 1.64. The van der Waals surface area contributed by atoms with Crippen molar-refractivity contribution >= 4 is 5.91 Å². The number of nitrogens with zero attached hydrogens (tertiary/aromatic N) is 3. The summed E-state index contributed by atoms with van der Waals surface area (Å²) in [5, 5.41) is 0. The summed E-state index contributed by atoms with van der Waals surface area (Å²) < 4.78 is 0. The fourth-order valence-electron chi connectivity index (χ4n) is 2.41. The van der Waals surface area contributed by atoms with Crippen LogP contribution < -0.4 is 0 Å². The van der Waals surface area contributed by atoms with Crippen molar-refractivity contribution < 1.29 is 4.79 Å². The lowest BCUT2D eigenvalue weighted by Crippen LogP contribution is -2.55. The molecule has 0 bridgehead atoms. The van der Waals surface area contributed by atoms with Crippen molar-refractivity contribution in [3.63, 3.8) is 0 Å². The van der Waals surface area contributed by atoms with Gasteiger partial charge in [-0.2, -0.15) is 0 Å². The zero-order valence-corrected chi connectivity index (χ0v) is 11.3. The summed E-state index contributed by atoms with van der Waals surface area (Å²) in [5.41, 5.74) is 0.683. The van der Waals surface area contributed by atoms with Gasteiger partial charge in [0.25, 0.3) is 5.91 Å². The molecule has 1 aromatic heterocycles. The Balaban J connectivity index is 2.05. The zero-order valence-electron chi connectivity index (χ0n) is 11.3. The molecule has 1 fully saturated rings. The van der Waals surface area contributed by atoms with Crippen LogP contribution in [0.2, 0.25) is 0 Å². The molecule has 1 aliphatic rings. The Labute approximate surface area is 109 Å². The molecule has 0 spiro atoms. The molecule has 18 heavy (non-hydrogen) atoms. The van der Waals surface area contributed by atoms with Crippen LogP contribution in [0.5, 0.6) is 0 Å². The van der Waals surface area contributed by atoms with Gasteiger partial charge in [0.05, 0.1) is 5.56 Å². The molecule has 4 heteroatoms. The van der Waals surface area contributed by atoms with Crippen LogP contribution in [0, 0.1) is 0 Å². The van der Waals surface area contributed by atoms with E-state index in [1.165, 1.54) is 0 Å². The van der Waals surface area contributed by atoms with E-state index >= 15 is 0 Å². The van der Waals surface area contributed by atoms with Crippen molar-refractivity contribution in [2.24, 2.45) is 0 Å². The van der Waals surface area contributed by atoms with E-state index in [1.807, 2.05) is 17.0 Å². The number of aromatic nitrogens is 1. The van der Waals surface area contributed by atoms with Crippen molar-refractivity contribution in [2.75, 3.05) is 19.6 Å². The zero-order chi connectivity index (χ0) is 13.1. The summed E-state index contributed by atoms with van der Waals surface area (Å²) in [6.07, 6.45) is 3.33. The Morgan fingerprint density at radius 3 is 2.78 bits per heavy atom. The Hall–Kier alpha value is -1.42. The Kier molecular flexibility index (Phi) is 3.97. The number of hydrogen-bond donors (Lipinski definition) is 0. The van der Waals surface area contributed by atoms with E-state index < -0.39 is 0 Å². The maximum Gasteiger partial charge on any atom is 0.255 e. The van der Waals surface area contributed by atoms with Crippen molar-refractivity contribution in [3.8, 4) is 0 Å². The van der Waals surface area contributed by atoms with E-state index in [1.54, 1.807) is 12.4 Å². The largest absolute Gasteiger partial charge is 0.333 e. The van der Waals surface area contributed by atoms with Gasteiger partial charge in [0.2, 0.25) is 0 Å². The van der Waals surface area contributed by atoms with Gasteiger partial charge in [0.15, 0.2) is 0 Å². The Morgan fingerprint density at radius 1 is 1.44 bits per heavy atom. The molecule has 0 saturated carbocycles. The standard InChI is InChI=1S/C14H21N3O/c1-11(2)16-7-8-17(12(3)10-16)14(18)13-5-4-6-15-9-13/h4-6,9,11-12H,7-8,10H2,1-3H3/t12-/m1/s1. The van der Waals surface area contributed by atoms with Gasteiger partial charge in [0, 0.05) is 44.1 Å². The fourth-order valence-corrected chi connectivity index (χ4v) is 2.41. The molecule has 1 atom stereocenters. The van der Waals surface area contributed by atoms with Gasteiger partial charge in [-0.3, -0.25) is 14.7 Å². The molecule has 0 aromatic carbocycles. The van der Waals surface area contributed by atoms with Crippen molar-refractivity contribution in [1.82, 2.24) is 14.8 Å². The van der Waals surface area contributed by atoms with E-state index in [0.29, 0.717) is 11.6 Å². The van der Waals surface area contributed by atoms with Crippen LogP contribution in [0.3, 0.4) is 0 Å². The number of amides is 1. The lowest BCUT2D eigenvalue weighted by atomic mass is 10.1. The summed E-state index contributed by atoms with van der Waals surface area (Å²) >= 11 is 0. The summed E-state index contributed by atoms with van der Waals surface area (Å²) in [6.45, 7) is 9.21. The number of piperazine rings is 1. The molecule has 1 aromatic rings. The molecular formula is C14H21N3O. The SMILES string of the molecule is CC(C)N1CCN(C(=O)c2cccnc2)[C@H](C)C1. The van der Waals surface area contributed by atoms with Crippen LogP contribution in [-0.4, -0.2) is 52.4 Å². The highest BCUT2D eigenvalue weighted by molar-refractivity contribution is 5.94. The third-order valence-corrected chi connectivity index (χ3v) is 3.56. The number of pyridine rings is 1. The minimum atomic E-state index is 0.0963. The second-order valence-corrected chi connectivity index (χ2v) is 5.18. The second-order valence-electron chi connectivity index (χ2n) is 5.18. The first kappa shape index (κ1) is 13.0. The second kappa shape index (κ2) is 5.48. The number of carbonyl (C=O) groups is 1. The third-order valence-electron chi connectivity index (χ3n) is 3.56. The molecule has 98 valence electrons. The maximum atomic E-state index is 12.4. The average molecular weight is 247 g/mol. The van der Waals surface area contributed by atoms with Gasteiger partial charge in [-0.1, -0.05) is 0 Å². The highest BCUT2D eigenvalue weighted by Crippen LogP contribution is 2.15. The van der Waals surface area contributed by atoms with Crippen LogP contribution >= 0.6 is 0 Å². The molecule has 0 radical (unpaired) electrons. The molecule has 0 unspecified atom stereocenters. The van der Waals surface area contributed by atoms with E-state index in [-0.39, 0.29) is 11.9 Å². The topological polar surface area (TPSA) is 36.4 Å². The molecule has 2 rings (SSSR count). The minimum Gasteiger partial charge on any atom is -0.333 e. The van der Waals surface area contributed by atoms with Gasteiger partial charge in [0.1, 0.15) is 0 Å². The van der Waals surface area contributed by atoms with Crippen molar-refractivity contribution in [3.05, 3.63) is 30.1 Å². The molecular weight excluding hydrogens is 226 g/mol. The molecule has 4 nitrogen and oxygen atoms in total. The first-order valence-corrected chi connectivity index (χ1v) is 6.54. The molecule has 0 aliphatic carbocycles. The number of hydrogen-bond acceptors (Lipinski definition) is 3. The first-order valence-electron chi connectivity index (χ1n) is 6.54. The van der Waals surface area contributed by atoms with E-state index in [2.05, 4.69) is 30.7 Å². The molecule has 1 aliphatic heterocycles. The summed E-state index contributed by atoms with van der Waals surface area (Å²) in [6, 6.07) is 4.44. The average Bonchev–Trinajstić information content (AvgIpc) is 2.38. The van der Waals surface area contributed by atoms with Gasteiger partial charge in [-0.25, -0.2) is 0 Å². The lowest BCUT2D eigenvalue weighted by Gasteiger charge is -2.41. The number of rotatable bonds is 2. The van der Waals surface area contributed by atoms with Gasteiger partial charge < -0.3 is 4.90 Å². The number of carbonyl (C=O) groups excluding carboxylic acids is 1. The molecule has 2 heterocycles. The highest BCUT2D eigenvalue weighted by atomic mass is 16.2. The van der Waals surface area contributed by atoms with Gasteiger partial charge >= 0.3 is 0 Å². The normalized spacial score (nSPS) is 21.3. The van der Waals surface area contributed by atoms with Crippen LogP contribution in [-0.2, 0) is 0 Å². The van der Waals surface area contributed by atoms with Crippen LogP contribution in [0.1, 0.15) is 31.1 Å². The third kappa shape index (κ3) is 2.70. The summed E-state index contributed by atoms with van der Waals surface area (Å²) in [4.78, 5) is 20.7. The van der Waals surface area contributed by atoms with Gasteiger partial charge in [-0.15, -0.1) is 0 Å². The maximum absolute atomic E-state index is 12.4. The van der Waals surface area contributed by atoms with Crippen LogP contribution in [0.4, 0.5) is 0 Å². The highest BCUT2D eigenvalue weighted by Gasteiger charge is 2.28. The first-order chi connectivity index (χ1) is 8.59. The van der Waals surface area contributed by atoms with E-state index in [0.717, 1.165) is 19.6 Å². The Morgan fingerprint density at radius 2 is 2.22 bits per heavy atom. The lowest BCUT2D eigenvalue weighted by molar-refractivity contribution is 0.0425. The van der Waals surface area contributed by atoms with Crippen LogP contribution in [0.15, 0.2) is 24.5 Å². The smallest absolute Gasteiger partial charge is 0.255 e. The predicted molar refractivity (Wildman–Crippen MR) is 71.4 cm³/mol. The fraction of sp³-hybridized carbons (Fsp3) is 0.571. The molecule has 0 N–H and O–H groups in total. The van der Waals surface area contributed by atoms with Crippen molar-refractivity contribution in [1.29, 1.82) is 0 Å². The monoisotopic (exact) mass is 247 g/mol. The van der Waals surface area contributed by atoms with Crippen molar-refractivity contribution in [2.45, 2.75) is 32.9 Å². The minimum absolute atomic E-state index is 0.0963. The van der Waals surface area contributed by atoms with E-state index in [9.17, 15) is 4.79 Å². The Bertz CT molecular complexity index is 405. The molecule has 1 saturated heterocycles. The van der Waals surface area contributed by atoms with Crippen LogP contribution in [0.25, 0.3) is 0 Å². The summed E-state index contributed by atoms with van der Waals surface area (Å²) in [5.74, 6) is 0.0963. The van der Waals surface area contributed by atoms with E-state index in [4.69, 9.17) is 0 Å². The molecule has 1 amide bonds. The summed E-state index contributed by atoms with van der Waals surface area (Å²) in [7, 11) is 0.